The third kappa shape index (κ3) is 5.66. The Kier molecular flexibility index (Phi) is 8.51. The van der Waals surface area contributed by atoms with Crippen molar-refractivity contribution in [2.24, 2.45) is 0 Å². The van der Waals surface area contributed by atoms with E-state index in [-0.39, 0.29) is 31.1 Å². The van der Waals surface area contributed by atoms with Gasteiger partial charge in [-0.15, -0.1) is 11.5 Å². The second kappa shape index (κ2) is 14.1. The van der Waals surface area contributed by atoms with Gasteiger partial charge >= 0.3 is 31.1 Å². The third-order valence-electron chi connectivity index (χ3n) is 13.0. The smallest absolute Gasteiger partial charge is 0.453 e. The average molecular weight is 1030 g/mol. The second-order valence-electron chi connectivity index (χ2n) is 17.2. The number of para-hydroxylation sites is 2. The van der Waals surface area contributed by atoms with Crippen LogP contribution in [0.5, 0.6) is 11.5 Å². The van der Waals surface area contributed by atoms with Gasteiger partial charge < -0.3 is 18.4 Å². The van der Waals surface area contributed by atoms with Crippen LogP contribution < -0.4 is 4.74 Å². The number of hydrogen-bond acceptors (Lipinski definition) is 1. The number of rotatable bonds is 4. The first-order chi connectivity index (χ1) is 30.4. The molecule has 1 aliphatic rings. The summed E-state index contributed by atoms with van der Waals surface area (Å²) in [7, 11) is 0. The van der Waals surface area contributed by atoms with Crippen molar-refractivity contribution >= 4 is 65.4 Å². The molecule has 0 amide bonds. The zero-order chi connectivity index (χ0) is 41.4. The van der Waals surface area contributed by atoms with Crippen LogP contribution in [0.2, 0.25) is 0 Å². The molecule has 0 unspecified atom stereocenters. The van der Waals surface area contributed by atoms with E-state index in [1.165, 1.54) is 87.8 Å². The van der Waals surface area contributed by atoms with E-state index in [4.69, 9.17) is 4.74 Å². The van der Waals surface area contributed by atoms with Crippen molar-refractivity contribution in [2.75, 3.05) is 0 Å². The van der Waals surface area contributed by atoms with Crippen molar-refractivity contribution in [1.29, 1.82) is 0 Å². The molecule has 3 aromatic heterocycles. The number of aryl methyl sites for hydroxylation is 4. The number of fused-ring (bicyclic) bond motifs is 11. The van der Waals surface area contributed by atoms with E-state index < -0.39 is 0 Å². The molecule has 13 rings (SSSR count). The van der Waals surface area contributed by atoms with Gasteiger partial charge in [0.15, 0.2) is 11.5 Å². The van der Waals surface area contributed by atoms with Crippen LogP contribution in [0.1, 0.15) is 22.3 Å². The van der Waals surface area contributed by atoms with Gasteiger partial charge in [0.25, 0.3) is 0 Å². The van der Waals surface area contributed by atoms with Crippen LogP contribution in [0.25, 0.3) is 105 Å². The van der Waals surface area contributed by atoms with Crippen molar-refractivity contribution in [2.45, 2.75) is 27.7 Å². The summed E-state index contributed by atoms with van der Waals surface area (Å²) in [5.74, 6) is 1.79. The third-order valence-corrected chi connectivity index (χ3v) is 13.0. The molecule has 0 aliphatic carbocycles. The van der Waals surface area contributed by atoms with Gasteiger partial charge in [0.2, 0.25) is 0 Å². The normalized spacial score (nSPS) is 12.1. The Morgan fingerprint density at radius 1 is 0.413 bits per heavy atom. The van der Waals surface area contributed by atoms with E-state index in [0.717, 1.165) is 50.7 Å². The SMILES string of the molecule is Cc1c[c-]c(-n2c3[c-]cc(C)cc3c3cc(-c4cc(-c5ccc6c(c5)c5cc(C)cc7c5n6-c5ccc(C)cc5O7)cc5c6ccccc6n(-c6ccccc6)c45)ccc32)cc1.[U+2]. The van der Waals surface area contributed by atoms with Crippen molar-refractivity contribution in [3.63, 3.8) is 0 Å². The van der Waals surface area contributed by atoms with Gasteiger partial charge in [0.1, 0.15) is 0 Å². The fourth-order valence-corrected chi connectivity index (χ4v) is 10.2. The summed E-state index contributed by atoms with van der Waals surface area (Å²) < 4.78 is 13.8. The Balaban J connectivity index is 0.00000421. The van der Waals surface area contributed by atoms with E-state index in [0.29, 0.717) is 0 Å². The Labute approximate surface area is 389 Å². The van der Waals surface area contributed by atoms with Crippen LogP contribution in [-0.4, -0.2) is 13.7 Å². The Morgan fingerprint density at radius 2 is 1.08 bits per heavy atom. The minimum absolute atomic E-state index is 0. The summed E-state index contributed by atoms with van der Waals surface area (Å²) in [6, 6.07) is 67.4. The molecule has 296 valence electrons. The van der Waals surface area contributed by atoms with Crippen LogP contribution in [-0.2, 0) is 0 Å². The zero-order valence-electron chi connectivity index (χ0n) is 35.3. The van der Waals surface area contributed by atoms with Gasteiger partial charge in [-0.2, -0.15) is 47.5 Å². The summed E-state index contributed by atoms with van der Waals surface area (Å²) in [5, 5.41) is 7.22. The number of nitrogens with zero attached hydrogens (tertiary/aromatic N) is 3. The maximum Gasteiger partial charge on any atom is 2.00 e. The molecule has 0 N–H and O–H groups in total. The molecule has 0 saturated carbocycles. The maximum atomic E-state index is 6.61. The van der Waals surface area contributed by atoms with Crippen molar-refractivity contribution in [1.82, 2.24) is 13.7 Å². The van der Waals surface area contributed by atoms with Crippen molar-refractivity contribution in [3.8, 4) is 50.8 Å². The summed E-state index contributed by atoms with van der Waals surface area (Å²) >= 11 is 0. The first-order valence-corrected chi connectivity index (χ1v) is 21.3. The van der Waals surface area contributed by atoms with Crippen LogP contribution in [0, 0.1) is 70.9 Å². The van der Waals surface area contributed by atoms with Crippen LogP contribution in [0.3, 0.4) is 0 Å². The Hall–Kier alpha value is -6.77. The van der Waals surface area contributed by atoms with E-state index in [9.17, 15) is 0 Å². The molecule has 4 nitrogen and oxygen atoms in total. The van der Waals surface area contributed by atoms with Gasteiger partial charge in [0, 0.05) is 38.3 Å². The minimum atomic E-state index is 0. The molecule has 0 radical (unpaired) electrons. The first kappa shape index (κ1) is 38.0. The van der Waals surface area contributed by atoms with Crippen molar-refractivity contribution in [3.05, 3.63) is 198 Å². The topological polar surface area (TPSA) is 24.0 Å². The Bertz CT molecular complexity index is 3870. The second-order valence-corrected chi connectivity index (χ2v) is 17.2. The summed E-state index contributed by atoms with van der Waals surface area (Å²) in [5.41, 5.74) is 19.5. The molecule has 1 aliphatic heterocycles. The minimum Gasteiger partial charge on any atom is -0.453 e. The fraction of sp³-hybridized carbons (Fsp3) is 0.0690. The Morgan fingerprint density at radius 3 is 1.92 bits per heavy atom. The molecule has 12 aromatic rings. The zero-order valence-corrected chi connectivity index (χ0v) is 39.5. The van der Waals surface area contributed by atoms with E-state index in [1.54, 1.807) is 0 Å². The average Bonchev–Trinajstić information content (AvgIpc) is 3.92. The quantitative estimate of drug-likeness (QED) is 0.161. The molecule has 63 heavy (non-hydrogen) atoms. The molecule has 4 heterocycles. The van der Waals surface area contributed by atoms with E-state index in [2.05, 4.69) is 217 Å². The summed E-state index contributed by atoms with van der Waals surface area (Å²) in [6.07, 6.45) is 0. The summed E-state index contributed by atoms with van der Waals surface area (Å²) in [6.45, 7) is 8.54. The molecule has 5 heteroatoms. The summed E-state index contributed by atoms with van der Waals surface area (Å²) in [4.78, 5) is 0. The van der Waals surface area contributed by atoms with Gasteiger partial charge in [0.05, 0.1) is 27.8 Å². The molecule has 0 saturated heterocycles. The predicted molar refractivity (Wildman–Crippen MR) is 257 cm³/mol. The van der Waals surface area contributed by atoms with Gasteiger partial charge in [-0.3, -0.25) is 0 Å². The molecular weight excluding hydrogens is 993 g/mol. The molecule has 0 fully saturated rings. The number of ether oxygens (including phenoxy) is 1. The molecule has 0 spiro atoms. The maximum absolute atomic E-state index is 6.61. The molecule has 9 aromatic carbocycles. The number of aromatic nitrogens is 3. The van der Waals surface area contributed by atoms with Gasteiger partial charge in [-0.05, 0) is 120 Å². The standard InChI is InChI=1S/C58H39N3O.U/c1-34-14-20-42(21-15-34)59-51-22-16-35(2)26-45(51)46-31-39(19-25-52(46)59)44-32-40(33-49-43-12-8-9-13-50(43)60(57(44)49)41-10-6-5-7-11-41)38-18-24-53-47(30-38)48-27-37(4)29-56-58(48)61(53)54-23-17-36(3)28-55(54)62-56;/h5-20,23-33H,1-4H3;/q-2;+2. The van der Waals surface area contributed by atoms with Crippen LogP contribution in [0.4, 0.5) is 0 Å². The molecule has 0 bridgehead atoms. The largest absolute Gasteiger partial charge is 2.00 e. The molecule has 0 atom stereocenters. The molecular formula is C58H39N3OU. The van der Waals surface area contributed by atoms with E-state index >= 15 is 0 Å². The fourth-order valence-electron chi connectivity index (χ4n) is 10.2. The predicted octanol–water partition coefficient (Wildman–Crippen LogP) is 15.3. The van der Waals surface area contributed by atoms with Crippen LogP contribution in [0.15, 0.2) is 164 Å². The number of hydrogen-bond donors (Lipinski definition) is 0. The van der Waals surface area contributed by atoms with Crippen molar-refractivity contribution < 1.29 is 35.9 Å². The van der Waals surface area contributed by atoms with Gasteiger partial charge in [-0.1, -0.05) is 85.7 Å². The van der Waals surface area contributed by atoms with E-state index in [1.807, 2.05) is 0 Å². The monoisotopic (exact) mass is 1030 g/mol. The number of benzene rings is 9. The van der Waals surface area contributed by atoms with Crippen LogP contribution >= 0.6 is 0 Å². The first-order valence-electron chi connectivity index (χ1n) is 21.3. The van der Waals surface area contributed by atoms with Gasteiger partial charge in [-0.25, -0.2) is 0 Å².